The lowest BCUT2D eigenvalue weighted by Gasteiger charge is -2.08. The fourth-order valence-electron chi connectivity index (χ4n) is 1.92. The van der Waals surface area contributed by atoms with E-state index in [2.05, 4.69) is 9.71 Å². The minimum atomic E-state index is -2.30. The molecule has 3 aromatic rings. The van der Waals surface area contributed by atoms with E-state index in [-0.39, 0.29) is 0 Å². The van der Waals surface area contributed by atoms with Crippen LogP contribution in [0.4, 0.5) is 5.69 Å². The zero-order valence-corrected chi connectivity index (χ0v) is 12.5. The topological polar surface area (TPSA) is 65.0 Å². The van der Waals surface area contributed by atoms with E-state index in [1.807, 2.05) is 48.7 Å². The summed E-state index contributed by atoms with van der Waals surface area (Å²) in [5.41, 5.74) is 2.64. The largest absolute Gasteiger partial charge is 0.755 e. The Bertz CT molecular complexity index is 755. The molecule has 0 aliphatic carbocycles. The summed E-state index contributed by atoms with van der Waals surface area (Å²) in [4.78, 5) is 5.48. The number of anilines is 1. The van der Waals surface area contributed by atoms with E-state index in [9.17, 15) is 8.76 Å². The van der Waals surface area contributed by atoms with Gasteiger partial charge in [0.05, 0.1) is 4.88 Å². The highest BCUT2D eigenvalue weighted by Crippen LogP contribution is 2.32. The van der Waals surface area contributed by atoms with Crippen molar-refractivity contribution < 1.29 is 8.76 Å². The summed E-state index contributed by atoms with van der Waals surface area (Å²) in [6.45, 7) is 0. The van der Waals surface area contributed by atoms with Gasteiger partial charge < -0.3 is 9.27 Å². The Hall–Kier alpha value is -2.02. The van der Waals surface area contributed by atoms with Crippen molar-refractivity contribution in [1.29, 1.82) is 0 Å². The number of nitrogens with one attached hydrogen (secondary N) is 1. The number of nitrogens with zero attached hydrogens (tertiary/aromatic N) is 1. The Balaban J connectivity index is 1.85. The lowest BCUT2D eigenvalue weighted by atomic mass is 10.2. The lowest BCUT2D eigenvalue weighted by Crippen LogP contribution is -2.01. The van der Waals surface area contributed by atoms with Crippen LogP contribution in [0.5, 0.6) is 0 Å². The molecule has 6 heteroatoms. The van der Waals surface area contributed by atoms with Crippen LogP contribution in [0.1, 0.15) is 0 Å². The third-order valence-corrected chi connectivity index (χ3v) is 4.39. The summed E-state index contributed by atoms with van der Waals surface area (Å²) in [7, 11) is 0. The molecule has 106 valence electrons. The van der Waals surface area contributed by atoms with Gasteiger partial charge in [-0.05, 0) is 17.7 Å². The molecule has 1 unspecified atom stereocenters. The van der Waals surface area contributed by atoms with Crippen LogP contribution in [0.2, 0.25) is 0 Å². The Morgan fingerprint density at radius 3 is 2.38 bits per heavy atom. The summed E-state index contributed by atoms with van der Waals surface area (Å²) in [5.74, 6) is 0. The molecule has 1 aromatic heterocycles. The van der Waals surface area contributed by atoms with Crippen LogP contribution in [0.3, 0.4) is 0 Å². The third-order valence-electron chi connectivity index (χ3n) is 2.90. The van der Waals surface area contributed by atoms with Crippen molar-refractivity contribution >= 4 is 28.3 Å². The van der Waals surface area contributed by atoms with Gasteiger partial charge in [-0.15, -0.1) is 11.3 Å². The Kier molecular flexibility index (Phi) is 4.10. The third kappa shape index (κ3) is 3.36. The van der Waals surface area contributed by atoms with Gasteiger partial charge >= 0.3 is 0 Å². The van der Waals surface area contributed by atoms with E-state index < -0.39 is 11.3 Å². The molecule has 0 radical (unpaired) electrons. The van der Waals surface area contributed by atoms with Crippen LogP contribution in [-0.2, 0) is 11.3 Å². The predicted octanol–water partition coefficient (Wildman–Crippen LogP) is 3.68. The molecule has 0 saturated carbocycles. The van der Waals surface area contributed by atoms with Crippen LogP contribution in [0.25, 0.3) is 21.0 Å². The molecule has 0 spiro atoms. The van der Waals surface area contributed by atoms with Crippen molar-refractivity contribution in [3.63, 3.8) is 0 Å². The molecule has 2 aromatic carbocycles. The molecule has 0 amide bonds. The molecule has 0 saturated heterocycles. The fourth-order valence-corrected chi connectivity index (χ4v) is 3.18. The van der Waals surface area contributed by atoms with Crippen molar-refractivity contribution in [2.75, 3.05) is 4.72 Å². The first kappa shape index (κ1) is 13.9. The number of benzene rings is 2. The Morgan fingerprint density at radius 2 is 1.71 bits per heavy atom. The van der Waals surface area contributed by atoms with Gasteiger partial charge in [-0.1, -0.05) is 42.5 Å². The molecule has 0 aliphatic heterocycles. The Morgan fingerprint density at radius 1 is 1.00 bits per heavy atom. The maximum atomic E-state index is 10.6. The van der Waals surface area contributed by atoms with E-state index in [0.717, 1.165) is 21.0 Å². The molecular formula is C15H11N2O2S2-. The highest BCUT2D eigenvalue weighted by Gasteiger charge is 2.06. The SMILES string of the molecule is O=S([O-])Nc1ccc(-c2cnc(-c3ccccc3)s2)cc1. The molecule has 0 fully saturated rings. The zero-order chi connectivity index (χ0) is 14.7. The number of thiazole rings is 1. The van der Waals surface area contributed by atoms with Crippen LogP contribution < -0.4 is 4.72 Å². The summed E-state index contributed by atoms with van der Waals surface area (Å²) in [5, 5.41) is 0.966. The van der Waals surface area contributed by atoms with Gasteiger partial charge in [0.15, 0.2) is 0 Å². The molecule has 21 heavy (non-hydrogen) atoms. The number of aromatic nitrogens is 1. The van der Waals surface area contributed by atoms with Gasteiger partial charge in [0.1, 0.15) is 5.01 Å². The average Bonchev–Trinajstić information content (AvgIpc) is 2.98. The van der Waals surface area contributed by atoms with Gasteiger partial charge in [-0.25, -0.2) is 4.98 Å². The van der Waals surface area contributed by atoms with Crippen LogP contribution in [0.15, 0.2) is 60.8 Å². The number of hydrogen-bond donors (Lipinski definition) is 1. The minimum absolute atomic E-state index is 0.542. The molecule has 4 nitrogen and oxygen atoms in total. The quantitative estimate of drug-likeness (QED) is 0.747. The van der Waals surface area contributed by atoms with Gasteiger partial charge in [0.25, 0.3) is 0 Å². The highest BCUT2D eigenvalue weighted by atomic mass is 32.2. The lowest BCUT2D eigenvalue weighted by molar-refractivity contribution is 0.542. The second-order valence-corrected chi connectivity index (χ2v) is 6.01. The second kappa shape index (κ2) is 6.17. The molecule has 0 aliphatic rings. The van der Waals surface area contributed by atoms with Crippen molar-refractivity contribution in [2.45, 2.75) is 0 Å². The van der Waals surface area contributed by atoms with Gasteiger partial charge in [0, 0.05) is 28.7 Å². The van der Waals surface area contributed by atoms with E-state index in [4.69, 9.17) is 0 Å². The van der Waals surface area contributed by atoms with Crippen molar-refractivity contribution in [3.05, 3.63) is 60.8 Å². The van der Waals surface area contributed by atoms with Crippen molar-refractivity contribution in [3.8, 4) is 21.0 Å². The fraction of sp³-hybridized carbons (Fsp3) is 0. The normalized spacial score (nSPS) is 12.0. The smallest absolute Gasteiger partial charge is 0.123 e. The van der Waals surface area contributed by atoms with Crippen LogP contribution in [0, 0.1) is 0 Å². The van der Waals surface area contributed by atoms with E-state index >= 15 is 0 Å². The molecule has 1 N–H and O–H groups in total. The minimum Gasteiger partial charge on any atom is -0.755 e. The van der Waals surface area contributed by atoms with Gasteiger partial charge in [-0.3, -0.25) is 4.21 Å². The van der Waals surface area contributed by atoms with Crippen molar-refractivity contribution in [1.82, 2.24) is 4.98 Å². The summed E-state index contributed by atoms with van der Waals surface area (Å²) >= 11 is -0.693. The highest BCUT2D eigenvalue weighted by molar-refractivity contribution is 7.80. The standard InChI is InChI=1S/C15H12N2O2S2/c18-21(19)17-13-8-6-11(7-9-13)14-10-16-15(20-14)12-4-2-1-3-5-12/h1-10,17H,(H,18,19)/p-1. The molecular weight excluding hydrogens is 304 g/mol. The van der Waals surface area contributed by atoms with E-state index in [1.165, 1.54) is 0 Å². The Labute approximate surface area is 128 Å². The van der Waals surface area contributed by atoms with Crippen LogP contribution in [-0.4, -0.2) is 13.7 Å². The summed E-state index contributed by atoms with van der Waals surface area (Å²) in [6.07, 6.45) is 1.83. The van der Waals surface area contributed by atoms with E-state index in [0.29, 0.717) is 5.69 Å². The van der Waals surface area contributed by atoms with Gasteiger partial charge in [0.2, 0.25) is 0 Å². The van der Waals surface area contributed by atoms with Gasteiger partial charge in [-0.2, -0.15) is 0 Å². The maximum Gasteiger partial charge on any atom is 0.123 e. The van der Waals surface area contributed by atoms with Crippen LogP contribution >= 0.6 is 11.3 Å². The molecule has 1 heterocycles. The maximum absolute atomic E-state index is 10.6. The molecule has 0 bridgehead atoms. The van der Waals surface area contributed by atoms with Crippen molar-refractivity contribution in [2.24, 2.45) is 0 Å². The van der Waals surface area contributed by atoms with E-state index in [1.54, 1.807) is 23.5 Å². The zero-order valence-electron chi connectivity index (χ0n) is 10.9. The first-order chi connectivity index (χ1) is 10.2. The monoisotopic (exact) mass is 315 g/mol. The number of hydrogen-bond acceptors (Lipinski definition) is 4. The molecule has 3 rings (SSSR count). The first-order valence-corrected chi connectivity index (χ1v) is 8.09. The second-order valence-electron chi connectivity index (χ2n) is 4.31. The summed E-state index contributed by atoms with van der Waals surface area (Å²) < 4.78 is 23.4. The summed E-state index contributed by atoms with van der Waals surface area (Å²) in [6, 6.07) is 17.2. The number of rotatable bonds is 4. The first-order valence-electron chi connectivity index (χ1n) is 6.20. The predicted molar refractivity (Wildman–Crippen MR) is 85.5 cm³/mol. The average molecular weight is 315 g/mol. The molecule has 1 atom stereocenters.